The first-order valence-electron chi connectivity index (χ1n) is 9.95. The number of halogens is 1. The Kier molecular flexibility index (Phi) is 8.68. The fourth-order valence-electron chi connectivity index (χ4n) is 3.08. The fraction of sp³-hybridized carbons (Fsp3) is 0.391. The van der Waals surface area contributed by atoms with Crippen molar-refractivity contribution >= 4 is 29.1 Å². The van der Waals surface area contributed by atoms with Crippen LogP contribution in [0.3, 0.4) is 0 Å². The Morgan fingerprint density at radius 2 is 1.69 bits per heavy atom. The monoisotopic (exact) mass is 415 g/mol. The third kappa shape index (κ3) is 6.87. The van der Waals surface area contributed by atoms with Crippen molar-refractivity contribution in [1.82, 2.24) is 10.6 Å². The molecule has 0 aliphatic rings. The highest BCUT2D eigenvalue weighted by molar-refractivity contribution is 6.31. The number of hydrogen-bond acceptors (Lipinski definition) is 3. The summed E-state index contributed by atoms with van der Waals surface area (Å²) < 4.78 is 0. The number of carbonyl (C=O) groups is 2. The van der Waals surface area contributed by atoms with Crippen LogP contribution < -0.4 is 16.0 Å². The molecule has 0 spiro atoms. The van der Waals surface area contributed by atoms with Crippen molar-refractivity contribution in [1.29, 1.82) is 0 Å². The number of hydrogen-bond donors (Lipinski definition) is 3. The van der Waals surface area contributed by atoms with Crippen LogP contribution in [-0.2, 0) is 16.0 Å². The van der Waals surface area contributed by atoms with Gasteiger partial charge in [-0.1, -0.05) is 62.7 Å². The van der Waals surface area contributed by atoms with Gasteiger partial charge in [-0.05, 0) is 48.1 Å². The molecule has 0 saturated heterocycles. The third-order valence-electron chi connectivity index (χ3n) is 4.88. The molecule has 2 aromatic rings. The van der Waals surface area contributed by atoms with E-state index < -0.39 is 0 Å². The normalized spacial score (nSPS) is 11.9. The topological polar surface area (TPSA) is 70.2 Å². The zero-order valence-electron chi connectivity index (χ0n) is 17.5. The van der Waals surface area contributed by atoms with Crippen molar-refractivity contribution < 1.29 is 9.59 Å². The quantitative estimate of drug-likeness (QED) is 0.573. The van der Waals surface area contributed by atoms with Crippen LogP contribution in [-0.4, -0.2) is 24.9 Å². The van der Waals surface area contributed by atoms with Crippen LogP contribution in [0.2, 0.25) is 5.02 Å². The summed E-state index contributed by atoms with van der Waals surface area (Å²) in [5.41, 5.74) is 3.88. The largest absolute Gasteiger partial charge is 0.346 e. The number of carbonyl (C=O) groups excluding carboxylic acids is 2. The van der Waals surface area contributed by atoms with E-state index in [0.29, 0.717) is 16.6 Å². The first-order chi connectivity index (χ1) is 13.8. The average molecular weight is 416 g/mol. The predicted octanol–water partition coefficient (Wildman–Crippen LogP) is 4.25. The van der Waals surface area contributed by atoms with E-state index in [2.05, 4.69) is 61.0 Å². The summed E-state index contributed by atoms with van der Waals surface area (Å²) in [7, 11) is 0. The lowest BCUT2D eigenvalue weighted by Crippen LogP contribution is -2.40. The highest BCUT2D eigenvalue weighted by Crippen LogP contribution is 2.23. The second kappa shape index (κ2) is 11.0. The molecule has 0 bridgehead atoms. The Morgan fingerprint density at radius 1 is 1.00 bits per heavy atom. The average Bonchev–Trinajstić information content (AvgIpc) is 2.70. The van der Waals surface area contributed by atoms with Crippen LogP contribution in [0.4, 0.5) is 5.69 Å². The smallest absolute Gasteiger partial charge is 0.243 e. The molecule has 3 N–H and O–H groups in total. The van der Waals surface area contributed by atoms with Crippen LogP contribution in [0.1, 0.15) is 43.5 Å². The summed E-state index contributed by atoms with van der Waals surface area (Å²) in [4.78, 5) is 24.3. The van der Waals surface area contributed by atoms with Gasteiger partial charge in [-0.2, -0.15) is 0 Å². The number of nitrogens with one attached hydrogen (secondary N) is 3. The number of anilines is 1. The van der Waals surface area contributed by atoms with E-state index in [1.807, 2.05) is 6.92 Å². The summed E-state index contributed by atoms with van der Waals surface area (Å²) in [6.45, 7) is 8.24. The van der Waals surface area contributed by atoms with Crippen molar-refractivity contribution in [3.05, 3.63) is 64.2 Å². The molecule has 1 atom stereocenters. The molecule has 156 valence electrons. The van der Waals surface area contributed by atoms with Gasteiger partial charge in [-0.15, -0.1) is 0 Å². The first kappa shape index (κ1) is 22.9. The molecule has 2 rings (SSSR count). The van der Waals surface area contributed by atoms with Gasteiger partial charge in [0.15, 0.2) is 0 Å². The van der Waals surface area contributed by atoms with Gasteiger partial charge in [0.05, 0.1) is 13.1 Å². The number of amides is 2. The van der Waals surface area contributed by atoms with E-state index in [4.69, 9.17) is 11.6 Å². The molecule has 2 aromatic carbocycles. The molecule has 0 aromatic heterocycles. The predicted molar refractivity (Wildman–Crippen MR) is 119 cm³/mol. The van der Waals surface area contributed by atoms with Crippen molar-refractivity contribution in [2.45, 2.75) is 40.2 Å². The Morgan fingerprint density at radius 3 is 2.31 bits per heavy atom. The summed E-state index contributed by atoms with van der Waals surface area (Å²) in [6, 6.07) is 13.8. The van der Waals surface area contributed by atoms with Crippen molar-refractivity contribution in [3.63, 3.8) is 0 Å². The molecule has 0 aliphatic carbocycles. The summed E-state index contributed by atoms with van der Waals surface area (Å²) in [6.07, 6.45) is 0.999. The summed E-state index contributed by atoms with van der Waals surface area (Å²) in [5, 5.41) is 9.31. The van der Waals surface area contributed by atoms with Gasteiger partial charge in [0.2, 0.25) is 11.8 Å². The van der Waals surface area contributed by atoms with Crippen LogP contribution in [0.25, 0.3) is 0 Å². The van der Waals surface area contributed by atoms with E-state index >= 15 is 0 Å². The van der Waals surface area contributed by atoms with Crippen molar-refractivity contribution in [2.24, 2.45) is 5.92 Å². The van der Waals surface area contributed by atoms with E-state index in [9.17, 15) is 9.59 Å². The Labute approximate surface area is 178 Å². The minimum atomic E-state index is -0.292. The van der Waals surface area contributed by atoms with Crippen LogP contribution in [0, 0.1) is 12.8 Å². The lowest BCUT2D eigenvalue weighted by atomic mass is 9.95. The highest BCUT2D eigenvalue weighted by atomic mass is 35.5. The maximum absolute atomic E-state index is 12.2. The second-order valence-corrected chi connectivity index (χ2v) is 7.84. The molecule has 0 heterocycles. The molecule has 2 amide bonds. The molecular formula is C23H30ClN3O2. The van der Waals surface area contributed by atoms with E-state index in [1.54, 1.807) is 18.2 Å². The fourth-order valence-corrected chi connectivity index (χ4v) is 3.25. The van der Waals surface area contributed by atoms with Gasteiger partial charge in [0.1, 0.15) is 0 Å². The molecule has 0 aliphatic heterocycles. The highest BCUT2D eigenvalue weighted by Gasteiger charge is 2.17. The SMILES string of the molecule is CCc1ccc([C@@H](NCC(=O)NCC(=O)Nc2cccc(Cl)c2C)C(C)C)cc1. The molecule has 0 unspecified atom stereocenters. The minimum absolute atomic E-state index is 0.0644. The molecule has 6 heteroatoms. The zero-order chi connectivity index (χ0) is 21.4. The lowest BCUT2D eigenvalue weighted by Gasteiger charge is -2.23. The number of benzene rings is 2. The maximum Gasteiger partial charge on any atom is 0.243 e. The molecule has 29 heavy (non-hydrogen) atoms. The minimum Gasteiger partial charge on any atom is -0.346 e. The van der Waals surface area contributed by atoms with E-state index in [0.717, 1.165) is 17.5 Å². The maximum atomic E-state index is 12.2. The number of aryl methyl sites for hydroxylation is 1. The van der Waals surface area contributed by atoms with Gasteiger partial charge in [0.25, 0.3) is 0 Å². The van der Waals surface area contributed by atoms with E-state index in [1.165, 1.54) is 5.56 Å². The van der Waals surface area contributed by atoms with Crippen LogP contribution in [0.5, 0.6) is 0 Å². The molecule has 5 nitrogen and oxygen atoms in total. The van der Waals surface area contributed by atoms with Gasteiger partial charge in [-0.3, -0.25) is 9.59 Å². The van der Waals surface area contributed by atoms with Crippen LogP contribution in [0.15, 0.2) is 42.5 Å². The Balaban J connectivity index is 1.84. The molecule has 0 fully saturated rings. The van der Waals surface area contributed by atoms with Gasteiger partial charge >= 0.3 is 0 Å². The third-order valence-corrected chi connectivity index (χ3v) is 5.29. The van der Waals surface area contributed by atoms with Gasteiger partial charge in [0, 0.05) is 16.8 Å². The summed E-state index contributed by atoms with van der Waals surface area (Å²) in [5.74, 6) is -0.192. The first-order valence-corrected chi connectivity index (χ1v) is 10.3. The van der Waals surface area contributed by atoms with Gasteiger partial charge < -0.3 is 16.0 Å². The molecule has 0 radical (unpaired) electrons. The van der Waals surface area contributed by atoms with Crippen molar-refractivity contribution in [3.8, 4) is 0 Å². The number of rotatable bonds is 9. The lowest BCUT2D eigenvalue weighted by molar-refractivity contribution is -0.123. The standard InChI is InChI=1S/C23H30ClN3O2/c1-5-17-9-11-18(12-10-17)23(15(2)3)26-13-21(28)25-14-22(29)27-20-8-6-7-19(24)16(20)4/h6-12,15,23,26H,5,13-14H2,1-4H3,(H,25,28)(H,27,29)/t23-/m0/s1. The summed E-state index contributed by atoms with van der Waals surface area (Å²) >= 11 is 6.06. The Hall–Kier alpha value is -2.37. The van der Waals surface area contributed by atoms with Gasteiger partial charge in [-0.25, -0.2) is 0 Å². The van der Waals surface area contributed by atoms with Crippen molar-refractivity contribution in [2.75, 3.05) is 18.4 Å². The van der Waals surface area contributed by atoms with E-state index in [-0.39, 0.29) is 30.9 Å². The zero-order valence-corrected chi connectivity index (χ0v) is 18.3. The second-order valence-electron chi connectivity index (χ2n) is 7.44. The molecule has 0 saturated carbocycles. The Bertz CT molecular complexity index is 835. The molecular weight excluding hydrogens is 386 g/mol. The van der Waals surface area contributed by atoms with Crippen LogP contribution >= 0.6 is 11.6 Å².